The third-order valence-corrected chi connectivity index (χ3v) is 3.35. The minimum absolute atomic E-state index is 0.117. The number of benzene rings is 2. The minimum Gasteiger partial charge on any atom is -0.507 e. The third-order valence-electron chi connectivity index (χ3n) is 3.12. The number of amides is 1. The molecule has 0 aliphatic heterocycles. The van der Waals surface area contributed by atoms with Crippen LogP contribution in [0.3, 0.4) is 0 Å². The molecule has 0 spiro atoms. The summed E-state index contributed by atoms with van der Waals surface area (Å²) in [5, 5.41) is 10.2. The van der Waals surface area contributed by atoms with Gasteiger partial charge in [0.2, 0.25) is 0 Å². The van der Waals surface area contributed by atoms with E-state index < -0.39 is 0 Å². The Morgan fingerprint density at radius 3 is 2.48 bits per heavy atom. The predicted molar refractivity (Wildman–Crippen MR) is 81.9 cm³/mol. The van der Waals surface area contributed by atoms with Crippen LogP contribution >= 0.6 is 11.6 Å². The van der Waals surface area contributed by atoms with Gasteiger partial charge in [0, 0.05) is 18.6 Å². The van der Waals surface area contributed by atoms with Crippen LogP contribution in [0.4, 0.5) is 0 Å². The van der Waals surface area contributed by atoms with Crippen LogP contribution < -0.4 is 4.74 Å². The molecule has 0 radical (unpaired) electrons. The second-order valence-electron chi connectivity index (χ2n) is 4.67. The summed E-state index contributed by atoms with van der Waals surface area (Å²) in [5.74, 6) is 0.386. The highest BCUT2D eigenvalue weighted by atomic mass is 35.5. The average Bonchev–Trinajstić information content (AvgIpc) is 2.47. The second kappa shape index (κ2) is 6.50. The van der Waals surface area contributed by atoms with Crippen LogP contribution in [0.15, 0.2) is 42.5 Å². The molecule has 21 heavy (non-hydrogen) atoms. The van der Waals surface area contributed by atoms with E-state index >= 15 is 0 Å². The van der Waals surface area contributed by atoms with E-state index in [1.54, 1.807) is 20.2 Å². The van der Waals surface area contributed by atoms with E-state index in [1.165, 1.54) is 17.0 Å². The van der Waals surface area contributed by atoms with E-state index in [0.29, 0.717) is 11.6 Å². The Morgan fingerprint density at radius 2 is 1.90 bits per heavy atom. The molecule has 0 saturated carbocycles. The first-order valence-electron chi connectivity index (χ1n) is 6.38. The summed E-state index contributed by atoms with van der Waals surface area (Å²) in [4.78, 5) is 13.8. The number of halogens is 1. The molecule has 0 saturated heterocycles. The molecule has 0 atom stereocenters. The van der Waals surface area contributed by atoms with Crippen molar-refractivity contribution < 1.29 is 14.6 Å². The van der Waals surface area contributed by atoms with Crippen LogP contribution in [-0.4, -0.2) is 30.1 Å². The number of aromatic hydroxyl groups is 1. The van der Waals surface area contributed by atoms with E-state index in [-0.39, 0.29) is 17.2 Å². The number of ether oxygens (including phenoxy) is 1. The topological polar surface area (TPSA) is 49.8 Å². The Bertz CT molecular complexity index is 640. The summed E-state index contributed by atoms with van der Waals surface area (Å²) < 4.78 is 5.09. The van der Waals surface area contributed by atoms with Gasteiger partial charge in [-0.25, -0.2) is 0 Å². The van der Waals surface area contributed by atoms with Crippen LogP contribution in [0, 0.1) is 0 Å². The number of methoxy groups -OCH3 is 1. The van der Waals surface area contributed by atoms with Crippen molar-refractivity contribution in [3.8, 4) is 11.5 Å². The highest BCUT2D eigenvalue weighted by Gasteiger charge is 2.16. The Balaban J connectivity index is 2.11. The molecule has 2 aromatic carbocycles. The fourth-order valence-corrected chi connectivity index (χ4v) is 2.13. The number of phenols is 1. The van der Waals surface area contributed by atoms with E-state index in [4.69, 9.17) is 16.3 Å². The van der Waals surface area contributed by atoms with Crippen LogP contribution in [0.5, 0.6) is 11.5 Å². The van der Waals surface area contributed by atoms with E-state index in [2.05, 4.69) is 0 Å². The maximum atomic E-state index is 12.3. The summed E-state index contributed by atoms with van der Waals surface area (Å²) in [6.45, 7) is 0.435. The highest BCUT2D eigenvalue weighted by Crippen LogP contribution is 2.23. The second-order valence-corrected chi connectivity index (χ2v) is 5.11. The molecule has 5 heteroatoms. The molecular formula is C16H16ClNO3. The molecule has 0 heterocycles. The smallest absolute Gasteiger partial charge is 0.257 e. The molecule has 0 fully saturated rings. The molecule has 0 aliphatic rings. The Kier molecular flexibility index (Phi) is 4.70. The summed E-state index contributed by atoms with van der Waals surface area (Å²) in [5.41, 5.74) is 1.20. The fourth-order valence-electron chi connectivity index (χ4n) is 1.97. The molecule has 0 aromatic heterocycles. The Morgan fingerprint density at radius 1 is 1.24 bits per heavy atom. The molecule has 1 amide bonds. The Hall–Kier alpha value is -2.20. The lowest BCUT2D eigenvalue weighted by Crippen LogP contribution is -2.26. The van der Waals surface area contributed by atoms with Gasteiger partial charge in [0.15, 0.2) is 0 Å². The van der Waals surface area contributed by atoms with E-state index in [0.717, 1.165) is 11.3 Å². The lowest BCUT2D eigenvalue weighted by Gasteiger charge is -2.18. The van der Waals surface area contributed by atoms with Gasteiger partial charge in [-0.15, -0.1) is 0 Å². The number of carbonyl (C=O) groups excluding carboxylic acids is 1. The van der Waals surface area contributed by atoms with Gasteiger partial charge in [0.05, 0.1) is 12.7 Å². The molecule has 110 valence electrons. The van der Waals surface area contributed by atoms with Gasteiger partial charge in [0.1, 0.15) is 11.5 Å². The van der Waals surface area contributed by atoms with Crippen molar-refractivity contribution in [2.45, 2.75) is 6.54 Å². The first-order chi connectivity index (χ1) is 10.0. The lowest BCUT2D eigenvalue weighted by atomic mass is 10.1. The summed E-state index contributed by atoms with van der Waals surface area (Å²) >= 11 is 5.76. The highest BCUT2D eigenvalue weighted by molar-refractivity contribution is 6.30. The monoisotopic (exact) mass is 305 g/mol. The van der Waals surface area contributed by atoms with Crippen molar-refractivity contribution >= 4 is 17.5 Å². The molecular weight excluding hydrogens is 290 g/mol. The molecule has 0 aliphatic carbocycles. The molecule has 2 aromatic rings. The van der Waals surface area contributed by atoms with E-state index in [9.17, 15) is 9.90 Å². The van der Waals surface area contributed by atoms with Crippen LogP contribution in [-0.2, 0) is 6.54 Å². The first-order valence-corrected chi connectivity index (χ1v) is 6.76. The number of carbonyl (C=O) groups is 1. The van der Waals surface area contributed by atoms with Crippen molar-refractivity contribution in [1.82, 2.24) is 4.90 Å². The van der Waals surface area contributed by atoms with Crippen molar-refractivity contribution in [3.63, 3.8) is 0 Å². The largest absolute Gasteiger partial charge is 0.507 e. The van der Waals surface area contributed by atoms with Crippen LogP contribution in [0.1, 0.15) is 15.9 Å². The maximum Gasteiger partial charge on any atom is 0.257 e. The number of nitrogens with zero attached hydrogens (tertiary/aromatic N) is 1. The van der Waals surface area contributed by atoms with Crippen molar-refractivity contribution in [1.29, 1.82) is 0 Å². The van der Waals surface area contributed by atoms with Crippen LogP contribution in [0.25, 0.3) is 0 Å². The van der Waals surface area contributed by atoms with Gasteiger partial charge in [-0.3, -0.25) is 4.79 Å². The standard InChI is InChI=1S/C16H16ClNO3/c1-18(10-11-3-6-13(21-2)7-4-11)16(20)14-8-5-12(17)9-15(14)19/h3-9,19H,10H2,1-2H3. The van der Waals surface area contributed by atoms with Gasteiger partial charge >= 0.3 is 0 Å². The fraction of sp³-hybridized carbons (Fsp3) is 0.188. The molecule has 4 nitrogen and oxygen atoms in total. The predicted octanol–water partition coefficient (Wildman–Crippen LogP) is 3.33. The molecule has 1 N–H and O–H groups in total. The van der Waals surface area contributed by atoms with Gasteiger partial charge in [-0.05, 0) is 35.9 Å². The maximum absolute atomic E-state index is 12.3. The SMILES string of the molecule is COc1ccc(CN(C)C(=O)c2ccc(Cl)cc2O)cc1. The van der Waals surface area contributed by atoms with Gasteiger partial charge < -0.3 is 14.7 Å². The molecule has 0 unspecified atom stereocenters. The summed E-state index contributed by atoms with van der Waals surface area (Å²) in [6.07, 6.45) is 0. The first kappa shape index (κ1) is 15.2. The zero-order chi connectivity index (χ0) is 15.4. The quantitative estimate of drug-likeness (QED) is 0.942. The number of hydrogen-bond donors (Lipinski definition) is 1. The average molecular weight is 306 g/mol. The lowest BCUT2D eigenvalue weighted by molar-refractivity contribution is 0.0782. The number of rotatable bonds is 4. The van der Waals surface area contributed by atoms with Gasteiger partial charge in [0.25, 0.3) is 5.91 Å². The minimum atomic E-state index is -0.264. The normalized spacial score (nSPS) is 10.2. The summed E-state index contributed by atoms with van der Waals surface area (Å²) in [6, 6.07) is 11.9. The number of hydrogen-bond acceptors (Lipinski definition) is 3. The van der Waals surface area contributed by atoms with Gasteiger partial charge in [-0.1, -0.05) is 23.7 Å². The third kappa shape index (κ3) is 3.67. The Labute approximate surface area is 128 Å². The molecule has 0 bridgehead atoms. The van der Waals surface area contributed by atoms with E-state index in [1.807, 2.05) is 24.3 Å². The van der Waals surface area contributed by atoms with Crippen LogP contribution in [0.2, 0.25) is 5.02 Å². The van der Waals surface area contributed by atoms with Crippen molar-refractivity contribution in [2.75, 3.05) is 14.2 Å². The summed E-state index contributed by atoms with van der Waals surface area (Å²) in [7, 11) is 3.29. The van der Waals surface area contributed by atoms with Crippen molar-refractivity contribution in [2.24, 2.45) is 0 Å². The number of phenolic OH excluding ortho intramolecular Hbond substituents is 1. The zero-order valence-electron chi connectivity index (χ0n) is 11.8. The van der Waals surface area contributed by atoms with Gasteiger partial charge in [-0.2, -0.15) is 0 Å². The molecule has 2 rings (SSSR count). The zero-order valence-corrected chi connectivity index (χ0v) is 12.6. The van der Waals surface area contributed by atoms with Crippen molar-refractivity contribution in [3.05, 3.63) is 58.6 Å².